The molecule has 0 atom stereocenters. The van der Waals surface area contributed by atoms with Crippen LogP contribution in [0.25, 0.3) is 0 Å². The lowest BCUT2D eigenvalue weighted by molar-refractivity contribution is 0.261. The molecule has 0 bridgehead atoms. The minimum absolute atomic E-state index is 0.113. The molecule has 1 saturated carbocycles. The van der Waals surface area contributed by atoms with Gasteiger partial charge in [0.1, 0.15) is 4.90 Å². The Labute approximate surface area is 127 Å². The molecule has 0 unspecified atom stereocenters. The van der Waals surface area contributed by atoms with Gasteiger partial charge < -0.3 is 5.32 Å². The highest BCUT2D eigenvalue weighted by molar-refractivity contribution is 7.89. The van der Waals surface area contributed by atoms with Crippen molar-refractivity contribution in [3.63, 3.8) is 0 Å². The van der Waals surface area contributed by atoms with Gasteiger partial charge in [0, 0.05) is 19.1 Å². The summed E-state index contributed by atoms with van der Waals surface area (Å²) in [7, 11) is -3.50. The maximum Gasteiger partial charge on any atom is 0.246 e. The van der Waals surface area contributed by atoms with Gasteiger partial charge in [-0.15, -0.1) is 0 Å². The molecule has 1 N–H and O–H groups in total. The lowest BCUT2D eigenvalue weighted by atomic mass is 9.95. The molecule has 0 radical (unpaired) electrons. The third kappa shape index (κ3) is 3.71. The molecule has 7 heteroatoms. The van der Waals surface area contributed by atoms with Crippen molar-refractivity contribution in [2.45, 2.75) is 56.9 Å². The largest absolute Gasteiger partial charge is 0.355 e. The highest BCUT2D eigenvalue weighted by atomic mass is 32.2. The lowest BCUT2D eigenvalue weighted by Crippen LogP contribution is -2.41. The van der Waals surface area contributed by atoms with E-state index in [-0.39, 0.29) is 10.9 Å². The van der Waals surface area contributed by atoms with Crippen molar-refractivity contribution in [3.8, 4) is 0 Å². The number of aromatic nitrogens is 2. The van der Waals surface area contributed by atoms with Crippen LogP contribution in [-0.4, -0.2) is 41.8 Å². The van der Waals surface area contributed by atoms with Crippen LogP contribution >= 0.6 is 0 Å². The van der Waals surface area contributed by atoms with Crippen molar-refractivity contribution in [3.05, 3.63) is 12.4 Å². The second-order valence-corrected chi connectivity index (χ2v) is 7.16. The monoisotopic (exact) mass is 312 g/mol. The summed E-state index contributed by atoms with van der Waals surface area (Å²) < 4.78 is 27.1. The molecule has 1 heterocycles. The van der Waals surface area contributed by atoms with Gasteiger partial charge in [-0.2, -0.15) is 4.31 Å². The first-order valence-corrected chi connectivity index (χ1v) is 9.11. The highest BCUT2D eigenvalue weighted by Crippen LogP contribution is 2.27. The smallest absolute Gasteiger partial charge is 0.246 e. The quantitative estimate of drug-likeness (QED) is 0.872. The van der Waals surface area contributed by atoms with Gasteiger partial charge in [0.2, 0.25) is 16.0 Å². The molecule has 1 aromatic heterocycles. The molecule has 1 aliphatic carbocycles. The Morgan fingerprint density at radius 1 is 1.19 bits per heavy atom. The molecule has 0 saturated heterocycles. The zero-order valence-electron chi connectivity index (χ0n) is 12.7. The molecule has 1 fully saturated rings. The second-order valence-electron chi connectivity index (χ2n) is 5.27. The standard InChI is InChI=1S/C14H24N4O2S/c1-3-15-14-16-10-13(11-17-14)21(19,20)18(4-2)12-8-6-5-7-9-12/h10-12H,3-9H2,1-2H3,(H,15,16,17). The van der Waals surface area contributed by atoms with Crippen molar-refractivity contribution < 1.29 is 8.42 Å². The number of hydrogen-bond acceptors (Lipinski definition) is 5. The average Bonchev–Trinajstić information content (AvgIpc) is 2.50. The fourth-order valence-corrected chi connectivity index (χ4v) is 4.41. The number of nitrogens with zero attached hydrogens (tertiary/aromatic N) is 3. The Balaban J connectivity index is 2.21. The fraction of sp³-hybridized carbons (Fsp3) is 0.714. The van der Waals surface area contributed by atoms with E-state index in [0.29, 0.717) is 19.0 Å². The third-order valence-electron chi connectivity index (χ3n) is 3.86. The summed E-state index contributed by atoms with van der Waals surface area (Å²) in [4.78, 5) is 8.31. The fourth-order valence-electron chi connectivity index (χ4n) is 2.83. The van der Waals surface area contributed by atoms with Crippen LogP contribution in [0.1, 0.15) is 46.0 Å². The van der Waals surface area contributed by atoms with Gasteiger partial charge in [-0.05, 0) is 19.8 Å². The zero-order chi connectivity index (χ0) is 15.3. The molecule has 0 aromatic carbocycles. The number of hydrogen-bond donors (Lipinski definition) is 1. The summed E-state index contributed by atoms with van der Waals surface area (Å²) in [5, 5.41) is 2.96. The van der Waals surface area contributed by atoms with Crippen molar-refractivity contribution >= 4 is 16.0 Å². The molecule has 0 spiro atoms. The SMILES string of the molecule is CCNc1ncc(S(=O)(=O)N(CC)C2CCCCC2)cn1. The van der Waals surface area contributed by atoms with Crippen LogP contribution in [-0.2, 0) is 10.0 Å². The Hall–Kier alpha value is -1.21. The number of nitrogens with one attached hydrogen (secondary N) is 1. The van der Waals surface area contributed by atoms with E-state index in [4.69, 9.17) is 0 Å². The first kappa shape index (κ1) is 16.2. The number of rotatable bonds is 6. The maximum absolute atomic E-state index is 12.8. The summed E-state index contributed by atoms with van der Waals surface area (Å²) in [5.41, 5.74) is 0. The molecule has 21 heavy (non-hydrogen) atoms. The summed E-state index contributed by atoms with van der Waals surface area (Å²) in [6.07, 6.45) is 8.10. The van der Waals surface area contributed by atoms with Gasteiger partial charge in [-0.1, -0.05) is 26.2 Å². The van der Waals surface area contributed by atoms with Crippen molar-refractivity contribution in [2.75, 3.05) is 18.4 Å². The van der Waals surface area contributed by atoms with Crippen molar-refractivity contribution in [1.29, 1.82) is 0 Å². The summed E-state index contributed by atoms with van der Waals surface area (Å²) in [6.45, 7) is 5.02. The van der Waals surface area contributed by atoms with Crippen LogP contribution in [0.15, 0.2) is 17.3 Å². The lowest BCUT2D eigenvalue weighted by Gasteiger charge is -2.32. The average molecular weight is 312 g/mol. The van der Waals surface area contributed by atoms with E-state index in [0.717, 1.165) is 25.7 Å². The predicted molar refractivity (Wildman–Crippen MR) is 82.6 cm³/mol. The van der Waals surface area contributed by atoms with Crippen LogP contribution in [0.5, 0.6) is 0 Å². The Bertz CT molecular complexity index is 539. The molecule has 0 aliphatic heterocycles. The van der Waals surface area contributed by atoms with E-state index in [1.165, 1.54) is 18.8 Å². The van der Waals surface area contributed by atoms with Crippen LogP contribution in [0.3, 0.4) is 0 Å². The van der Waals surface area contributed by atoms with Crippen molar-refractivity contribution in [1.82, 2.24) is 14.3 Å². The van der Waals surface area contributed by atoms with Crippen LogP contribution in [0.2, 0.25) is 0 Å². The minimum Gasteiger partial charge on any atom is -0.355 e. The molecule has 2 rings (SSSR count). The predicted octanol–water partition coefficient (Wildman–Crippen LogP) is 2.25. The topological polar surface area (TPSA) is 75.2 Å². The van der Waals surface area contributed by atoms with Crippen LogP contribution < -0.4 is 5.32 Å². The van der Waals surface area contributed by atoms with E-state index in [2.05, 4.69) is 15.3 Å². The summed E-state index contributed by atoms with van der Waals surface area (Å²) in [5.74, 6) is 0.456. The number of sulfonamides is 1. The third-order valence-corrected chi connectivity index (χ3v) is 5.84. The minimum atomic E-state index is -3.50. The normalized spacial score (nSPS) is 17.1. The van der Waals surface area contributed by atoms with E-state index in [1.54, 1.807) is 4.31 Å². The Morgan fingerprint density at radius 3 is 2.33 bits per heavy atom. The molecule has 118 valence electrons. The highest BCUT2D eigenvalue weighted by Gasteiger charge is 2.31. The van der Waals surface area contributed by atoms with E-state index < -0.39 is 10.0 Å². The molecule has 1 aromatic rings. The summed E-state index contributed by atoms with van der Waals surface area (Å²) in [6, 6.07) is 0.113. The van der Waals surface area contributed by atoms with Gasteiger partial charge in [0.15, 0.2) is 0 Å². The van der Waals surface area contributed by atoms with Crippen LogP contribution in [0, 0.1) is 0 Å². The number of anilines is 1. The van der Waals surface area contributed by atoms with Gasteiger partial charge in [-0.25, -0.2) is 18.4 Å². The molecular weight excluding hydrogens is 288 g/mol. The summed E-state index contributed by atoms with van der Waals surface area (Å²) >= 11 is 0. The van der Waals surface area contributed by atoms with Gasteiger partial charge >= 0.3 is 0 Å². The van der Waals surface area contributed by atoms with E-state index in [9.17, 15) is 8.42 Å². The Kier molecular flexibility index (Phi) is 5.52. The maximum atomic E-state index is 12.8. The van der Waals surface area contributed by atoms with Gasteiger partial charge in [0.25, 0.3) is 0 Å². The van der Waals surface area contributed by atoms with E-state index in [1.807, 2.05) is 13.8 Å². The molecule has 0 amide bonds. The zero-order valence-corrected chi connectivity index (χ0v) is 13.6. The van der Waals surface area contributed by atoms with Crippen LogP contribution in [0.4, 0.5) is 5.95 Å². The Morgan fingerprint density at radius 2 is 1.81 bits per heavy atom. The van der Waals surface area contributed by atoms with Crippen molar-refractivity contribution in [2.24, 2.45) is 0 Å². The molecule has 6 nitrogen and oxygen atoms in total. The first-order valence-electron chi connectivity index (χ1n) is 7.67. The first-order chi connectivity index (χ1) is 10.1. The second kappa shape index (κ2) is 7.17. The van der Waals surface area contributed by atoms with Gasteiger partial charge in [-0.3, -0.25) is 0 Å². The van der Waals surface area contributed by atoms with Gasteiger partial charge in [0.05, 0.1) is 12.4 Å². The van der Waals surface area contributed by atoms with E-state index >= 15 is 0 Å². The molecular formula is C14H24N4O2S. The molecule has 1 aliphatic rings.